The lowest BCUT2D eigenvalue weighted by atomic mass is 10.1. The second kappa shape index (κ2) is 5.19. The number of benzene rings is 1. The van der Waals surface area contributed by atoms with Crippen LogP contribution in [0.15, 0.2) is 34.2 Å². The van der Waals surface area contributed by atoms with Crippen LogP contribution in [0.3, 0.4) is 0 Å². The van der Waals surface area contributed by atoms with Gasteiger partial charge in [0, 0.05) is 42.2 Å². The van der Waals surface area contributed by atoms with Crippen molar-refractivity contribution in [2.24, 2.45) is 7.05 Å². The monoisotopic (exact) mass is 300 g/mol. The van der Waals surface area contributed by atoms with Crippen LogP contribution in [0.5, 0.6) is 0 Å². The molecule has 0 saturated carbocycles. The van der Waals surface area contributed by atoms with Crippen LogP contribution in [-0.2, 0) is 7.05 Å². The maximum atomic E-state index is 9.25. The van der Waals surface area contributed by atoms with Gasteiger partial charge in [-0.25, -0.2) is 4.98 Å². The minimum Gasteiger partial charge on any atom is -0.347 e. The fourth-order valence-corrected chi connectivity index (χ4v) is 3.57. The molecule has 6 heteroatoms. The van der Waals surface area contributed by atoms with E-state index in [2.05, 4.69) is 15.8 Å². The highest BCUT2D eigenvalue weighted by Crippen LogP contribution is 2.33. The lowest BCUT2D eigenvalue weighted by Gasteiger charge is -2.09. The highest BCUT2D eigenvalue weighted by Gasteiger charge is 2.13. The number of aromatic nitrogens is 2. The average Bonchev–Trinajstić information content (AvgIpc) is 3.06. The molecule has 0 saturated heterocycles. The first kappa shape index (κ1) is 13.0. The predicted molar refractivity (Wildman–Crippen MR) is 84.0 cm³/mol. The number of aryl methyl sites for hydroxylation is 2. The van der Waals surface area contributed by atoms with Gasteiger partial charge in [-0.1, -0.05) is 6.07 Å². The Bertz CT molecular complexity index is 797. The summed E-state index contributed by atoms with van der Waals surface area (Å²) in [6, 6.07) is 6.34. The molecule has 1 N–H and O–H groups in total. The van der Waals surface area contributed by atoms with Gasteiger partial charge in [-0.2, -0.15) is 5.26 Å². The van der Waals surface area contributed by atoms with Crippen LogP contribution in [0.4, 0.5) is 5.69 Å². The van der Waals surface area contributed by atoms with Gasteiger partial charge in [0.15, 0.2) is 4.34 Å². The number of anilines is 1. The molecule has 2 heterocycles. The normalized spacial score (nSPS) is 10.7. The number of nitrogens with zero attached hydrogens (tertiary/aromatic N) is 3. The number of hydrogen-bond donors (Lipinski definition) is 1. The minimum absolute atomic E-state index is 0.711. The summed E-state index contributed by atoms with van der Waals surface area (Å²) >= 11 is 3.08. The molecule has 0 spiro atoms. The Kier molecular flexibility index (Phi) is 3.38. The Hall–Kier alpha value is -1.97. The van der Waals surface area contributed by atoms with Gasteiger partial charge in [0.1, 0.15) is 6.07 Å². The topological polar surface area (TPSA) is 53.6 Å². The van der Waals surface area contributed by atoms with E-state index in [0.29, 0.717) is 5.56 Å². The maximum absolute atomic E-state index is 9.25. The molecule has 0 fully saturated rings. The highest BCUT2D eigenvalue weighted by molar-refractivity contribution is 8.02. The number of fused-ring (bicyclic) bond motifs is 1. The molecule has 0 aliphatic heterocycles. The second-order valence-electron chi connectivity index (χ2n) is 4.42. The second-order valence-corrected chi connectivity index (χ2v) is 6.37. The Labute approximate surface area is 125 Å². The van der Waals surface area contributed by atoms with Gasteiger partial charge >= 0.3 is 0 Å². The SMILES string of the molecule is Cc1ccc(NSc2nccs2)c2c1c(C#N)cn2C. The summed E-state index contributed by atoms with van der Waals surface area (Å²) in [5.74, 6) is 0. The van der Waals surface area contributed by atoms with E-state index in [1.165, 1.54) is 11.9 Å². The molecule has 0 unspecified atom stereocenters. The first-order valence-electron chi connectivity index (χ1n) is 6.02. The third kappa shape index (κ3) is 2.15. The van der Waals surface area contributed by atoms with Crippen LogP contribution in [0.1, 0.15) is 11.1 Å². The van der Waals surface area contributed by atoms with E-state index in [-0.39, 0.29) is 0 Å². The average molecular weight is 300 g/mol. The number of nitrogens with one attached hydrogen (secondary N) is 1. The number of hydrogen-bond acceptors (Lipinski definition) is 5. The summed E-state index contributed by atoms with van der Waals surface area (Å²) in [4.78, 5) is 4.23. The van der Waals surface area contributed by atoms with Gasteiger partial charge in [-0.15, -0.1) is 11.3 Å². The minimum atomic E-state index is 0.711. The molecule has 0 radical (unpaired) electrons. The molecule has 20 heavy (non-hydrogen) atoms. The van der Waals surface area contributed by atoms with E-state index in [1.807, 2.05) is 42.2 Å². The van der Waals surface area contributed by atoms with Crippen LogP contribution >= 0.6 is 23.3 Å². The molecular weight excluding hydrogens is 288 g/mol. The van der Waals surface area contributed by atoms with Gasteiger partial charge in [0.05, 0.1) is 16.8 Å². The zero-order chi connectivity index (χ0) is 14.1. The molecule has 0 aliphatic carbocycles. The van der Waals surface area contributed by atoms with Crippen LogP contribution in [0.25, 0.3) is 10.9 Å². The zero-order valence-corrected chi connectivity index (χ0v) is 12.7. The van der Waals surface area contributed by atoms with Crippen molar-refractivity contribution >= 4 is 39.9 Å². The van der Waals surface area contributed by atoms with Crippen molar-refractivity contribution in [2.75, 3.05) is 4.72 Å². The van der Waals surface area contributed by atoms with E-state index in [1.54, 1.807) is 17.5 Å². The Morgan fingerprint density at radius 1 is 1.45 bits per heavy atom. The molecule has 0 bridgehead atoms. The lowest BCUT2D eigenvalue weighted by molar-refractivity contribution is 0.968. The fourth-order valence-electron chi connectivity index (χ4n) is 2.25. The van der Waals surface area contributed by atoms with Crippen molar-refractivity contribution in [3.8, 4) is 6.07 Å². The van der Waals surface area contributed by atoms with E-state index in [4.69, 9.17) is 0 Å². The standard InChI is InChI=1S/C14H12N4S2/c1-9-3-4-11(17-20-14-16-5-6-19-14)13-12(9)10(7-15)8-18(13)2/h3-6,8,17H,1-2H3. The van der Waals surface area contributed by atoms with Crippen LogP contribution in [0, 0.1) is 18.3 Å². The van der Waals surface area contributed by atoms with Crippen LogP contribution in [0.2, 0.25) is 0 Å². The molecular formula is C14H12N4S2. The molecule has 0 atom stereocenters. The molecule has 100 valence electrons. The summed E-state index contributed by atoms with van der Waals surface area (Å²) in [7, 11) is 1.96. The highest BCUT2D eigenvalue weighted by atomic mass is 32.2. The van der Waals surface area contributed by atoms with Crippen molar-refractivity contribution in [1.29, 1.82) is 5.26 Å². The summed E-state index contributed by atoms with van der Waals surface area (Å²) in [6.45, 7) is 2.03. The molecule has 0 amide bonds. The zero-order valence-electron chi connectivity index (χ0n) is 11.0. The van der Waals surface area contributed by atoms with Crippen molar-refractivity contribution in [3.63, 3.8) is 0 Å². The van der Waals surface area contributed by atoms with Crippen LogP contribution < -0.4 is 4.72 Å². The summed E-state index contributed by atoms with van der Waals surface area (Å²) < 4.78 is 6.29. The van der Waals surface area contributed by atoms with Gasteiger partial charge in [-0.05, 0) is 18.6 Å². The first-order chi connectivity index (χ1) is 9.70. The fraction of sp³-hybridized carbons (Fsp3) is 0.143. The Morgan fingerprint density at radius 3 is 3.00 bits per heavy atom. The van der Waals surface area contributed by atoms with Crippen molar-refractivity contribution in [3.05, 3.63) is 41.0 Å². The third-order valence-electron chi connectivity index (χ3n) is 3.11. The molecule has 3 rings (SSSR count). The van der Waals surface area contributed by atoms with Crippen molar-refractivity contribution in [1.82, 2.24) is 9.55 Å². The van der Waals surface area contributed by atoms with Gasteiger partial charge in [0.2, 0.25) is 0 Å². The van der Waals surface area contributed by atoms with Gasteiger partial charge < -0.3 is 9.29 Å². The van der Waals surface area contributed by atoms with Crippen LogP contribution in [-0.4, -0.2) is 9.55 Å². The van der Waals surface area contributed by atoms with Gasteiger partial charge in [0.25, 0.3) is 0 Å². The molecule has 0 aliphatic rings. The quantitative estimate of drug-likeness (QED) is 0.745. The molecule has 3 aromatic rings. The van der Waals surface area contributed by atoms with E-state index in [0.717, 1.165) is 26.5 Å². The summed E-state index contributed by atoms with van der Waals surface area (Å²) in [5.41, 5.74) is 3.87. The summed E-state index contributed by atoms with van der Waals surface area (Å²) in [5, 5.41) is 12.2. The van der Waals surface area contributed by atoms with Crippen molar-refractivity contribution < 1.29 is 0 Å². The van der Waals surface area contributed by atoms with Crippen molar-refractivity contribution in [2.45, 2.75) is 11.3 Å². The molecule has 1 aromatic carbocycles. The Balaban J connectivity index is 2.06. The summed E-state index contributed by atoms with van der Waals surface area (Å²) in [6.07, 6.45) is 3.66. The first-order valence-corrected chi connectivity index (χ1v) is 7.71. The third-order valence-corrected chi connectivity index (χ3v) is 4.81. The molecule has 2 aromatic heterocycles. The largest absolute Gasteiger partial charge is 0.347 e. The Morgan fingerprint density at radius 2 is 2.30 bits per heavy atom. The number of rotatable bonds is 3. The lowest BCUT2D eigenvalue weighted by Crippen LogP contribution is -1.93. The smallest absolute Gasteiger partial charge is 0.170 e. The maximum Gasteiger partial charge on any atom is 0.170 e. The molecule has 4 nitrogen and oxygen atoms in total. The number of nitriles is 1. The van der Waals surface area contributed by atoms with E-state index < -0.39 is 0 Å². The van der Waals surface area contributed by atoms with E-state index in [9.17, 15) is 5.26 Å². The van der Waals surface area contributed by atoms with Gasteiger partial charge in [-0.3, -0.25) is 0 Å². The van der Waals surface area contributed by atoms with E-state index >= 15 is 0 Å². The predicted octanol–water partition coefficient (Wildman–Crippen LogP) is 3.93. The number of thiazole rings is 1.